The van der Waals surface area contributed by atoms with Crippen molar-refractivity contribution in [1.82, 2.24) is 9.97 Å². The van der Waals surface area contributed by atoms with Crippen molar-refractivity contribution in [3.8, 4) is 5.88 Å². The number of nitro groups is 1. The van der Waals surface area contributed by atoms with Gasteiger partial charge < -0.3 is 10.1 Å². The third-order valence-corrected chi connectivity index (χ3v) is 2.27. The lowest BCUT2D eigenvalue weighted by atomic mass is 10.3. The molecule has 0 aliphatic carbocycles. The molecule has 96 valence electrons. The normalized spacial score (nSPS) is 10.7. The van der Waals surface area contributed by atoms with Gasteiger partial charge in [0.2, 0.25) is 5.88 Å². The van der Waals surface area contributed by atoms with Gasteiger partial charge in [-0.3, -0.25) is 19.9 Å². The number of benzene rings is 1. The number of aliphatic imine (C=N–C) groups is 1. The van der Waals surface area contributed by atoms with Gasteiger partial charge in [0.05, 0.1) is 16.9 Å². The molecule has 1 heterocycles. The molecule has 8 nitrogen and oxygen atoms in total. The Balaban J connectivity index is 2.28. The van der Waals surface area contributed by atoms with Crippen LogP contribution in [0.1, 0.15) is 5.56 Å². The van der Waals surface area contributed by atoms with E-state index in [4.69, 9.17) is 0 Å². The number of aromatic nitrogens is 2. The molecule has 0 spiro atoms. The lowest BCUT2D eigenvalue weighted by Gasteiger charge is -1.96. The number of aromatic amines is 1. The second-order valence-electron chi connectivity index (χ2n) is 3.50. The summed E-state index contributed by atoms with van der Waals surface area (Å²) in [6.07, 6.45) is 2.21. The zero-order valence-electron chi connectivity index (χ0n) is 9.48. The molecule has 0 unspecified atom stereocenters. The summed E-state index contributed by atoms with van der Waals surface area (Å²) in [5, 5.41) is 19.8. The monoisotopic (exact) mass is 260 g/mol. The fraction of sp³-hybridized carbons (Fsp3) is 0. The largest absolute Gasteiger partial charge is 0.493 e. The van der Waals surface area contributed by atoms with Gasteiger partial charge >= 0.3 is 0 Å². The average Bonchev–Trinajstić information content (AvgIpc) is 2.38. The molecule has 0 amide bonds. The predicted octanol–water partition coefficient (Wildman–Crippen LogP) is 1.13. The first-order valence-corrected chi connectivity index (χ1v) is 5.13. The molecule has 0 saturated carbocycles. The minimum atomic E-state index is -0.529. The summed E-state index contributed by atoms with van der Waals surface area (Å²) in [6.45, 7) is 0. The van der Waals surface area contributed by atoms with Crippen LogP contribution in [0, 0.1) is 10.1 Å². The van der Waals surface area contributed by atoms with E-state index in [-0.39, 0.29) is 11.3 Å². The highest BCUT2D eigenvalue weighted by Gasteiger charge is 2.05. The van der Waals surface area contributed by atoms with E-state index in [9.17, 15) is 20.0 Å². The van der Waals surface area contributed by atoms with E-state index in [1.165, 1.54) is 24.3 Å². The maximum atomic E-state index is 11.4. The van der Waals surface area contributed by atoms with Gasteiger partial charge in [-0.05, 0) is 12.1 Å². The fourth-order valence-corrected chi connectivity index (χ4v) is 1.32. The Morgan fingerprint density at radius 2 is 2.05 bits per heavy atom. The third-order valence-electron chi connectivity index (χ3n) is 2.27. The van der Waals surface area contributed by atoms with Crippen LogP contribution in [0.5, 0.6) is 5.88 Å². The molecule has 2 rings (SSSR count). The molecule has 2 aromatic rings. The summed E-state index contributed by atoms with van der Waals surface area (Å²) in [6, 6.07) is 5.44. The van der Waals surface area contributed by atoms with Crippen LogP contribution in [0.15, 0.2) is 40.4 Å². The number of H-pyrrole nitrogens is 1. The Morgan fingerprint density at radius 1 is 1.37 bits per heavy atom. The van der Waals surface area contributed by atoms with Crippen molar-refractivity contribution in [2.24, 2.45) is 4.99 Å². The Hall–Kier alpha value is -3.03. The summed E-state index contributed by atoms with van der Waals surface area (Å²) in [7, 11) is 0. The van der Waals surface area contributed by atoms with Gasteiger partial charge in [-0.1, -0.05) is 0 Å². The number of non-ortho nitro benzene ring substituents is 1. The zero-order valence-corrected chi connectivity index (χ0v) is 9.48. The lowest BCUT2D eigenvalue weighted by Crippen LogP contribution is -2.12. The van der Waals surface area contributed by atoms with Gasteiger partial charge in [-0.25, -0.2) is 4.98 Å². The minimum absolute atomic E-state index is 0.0546. The Bertz CT molecular complexity index is 691. The van der Waals surface area contributed by atoms with Crippen LogP contribution in [0.4, 0.5) is 11.4 Å². The van der Waals surface area contributed by atoms with Crippen LogP contribution in [0.2, 0.25) is 0 Å². The lowest BCUT2D eigenvalue weighted by molar-refractivity contribution is -0.384. The molecule has 0 saturated heterocycles. The summed E-state index contributed by atoms with van der Waals surface area (Å²) < 4.78 is 0. The van der Waals surface area contributed by atoms with Crippen molar-refractivity contribution in [2.45, 2.75) is 0 Å². The predicted molar refractivity (Wildman–Crippen MR) is 66.9 cm³/mol. The van der Waals surface area contributed by atoms with E-state index in [1.807, 2.05) is 0 Å². The topological polar surface area (TPSA) is 121 Å². The number of hydrogen-bond acceptors (Lipinski definition) is 6. The van der Waals surface area contributed by atoms with Crippen molar-refractivity contribution < 1.29 is 10.0 Å². The fourth-order valence-electron chi connectivity index (χ4n) is 1.32. The third kappa shape index (κ3) is 2.80. The highest BCUT2D eigenvalue weighted by atomic mass is 16.6. The first kappa shape index (κ1) is 12.4. The number of nitro benzene ring substituents is 1. The standard InChI is InChI=1S/C11H8N4O4/c16-10-9(11(17)14-6-13-10)5-12-7-1-3-8(4-2-7)15(18)19/h1-6H,(H2,13,14,16,17). The van der Waals surface area contributed by atoms with Crippen LogP contribution in [0.25, 0.3) is 0 Å². The first-order valence-electron chi connectivity index (χ1n) is 5.13. The molecule has 2 N–H and O–H groups in total. The smallest absolute Gasteiger partial charge is 0.269 e. The molecule has 0 bridgehead atoms. The Morgan fingerprint density at radius 3 is 2.63 bits per heavy atom. The Labute approximate surface area is 106 Å². The highest BCUT2D eigenvalue weighted by molar-refractivity contribution is 5.83. The van der Waals surface area contributed by atoms with Crippen LogP contribution in [-0.2, 0) is 0 Å². The van der Waals surface area contributed by atoms with Gasteiger partial charge in [-0.2, -0.15) is 0 Å². The van der Waals surface area contributed by atoms with Gasteiger partial charge in [0.25, 0.3) is 11.2 Å². The number of aromatic hydroxyl groups is 1. The molecular formula is C11H8N4O4. The van der Waals surface area contributed by atoms with Gasteiger partial charge in [0.1, 0.15) is 5.56 Å². The van der Waals surface area contributed by atoms with Crippen molar-refractivity contribution in [3.63, 3.8) is 0 Å². The van der Waals surface area contributed by atoms with Crippen LogP contribution < -0.4 is 5.56 Å². The van der Waals surface area contributed by atoms with E-state index in [1.54, 1.807) is 0 Å². The molecule has 19 heavy (non-hydrogen) atoms. The summed E-state index contributed by atoms with van der Waals surface area (Å²) in [5.41, 5.74) is -0.256. The van der Waals surface area contributed by atoms with Crippen molar-refractivity contribution in [1.29, 1.82) is 0 Å². The van der Waals surface area contributed by atoms with Crippen LogP contribution >= 0.6 is 0 Å². The number of nitrogens with zero attached hydrogens (tertiary/aromatic N) is 3. The molecule has 0 atom stereocenters. The molecular weight excluding hydrogens is 252 g/mol. The number of nitrogens with one attached hydrogen (secondary N) is 1. The maximum Gasteiger partial charge on any atom is 0.269 e. The highest BCUT2D eigenvalue weighted by Crippen LogP contribution is 2.18. The minimum Gasteiger partial charge on any atom is -0.493 e. The van der Waals surface area contributed by atoms with Crippen LogP contribution in [0.3, 0.4) is 0 Å². The van der Waals surface area contributed by atoms with Crippen molar-refractivity contribution >= 4 is 17.6 Å². The zero-order chi connectivity index (χ0) is 13.8. The molecule has 1 aromatic carbocycles. The van der Waals surface area contributed by atoms with E-state index in [0.717, 1.165) is 12.5 Å². The van der Waals surface area contributed by atoms with Crippen LogP contribution in [-0.4, -0.2) is 26.2 Å². The molecule has 1 aromatic heterocycles. The molecule has 0 radical (unpaired) electrons. The second-order valence-corrected chi connectivity index (χ2v) is 3.50. The van der Waals surface area contributed by atoms with Crippen molar-refractivity contribution in [2.75, 3.05) is 0 Å². The van der Waals surface area contributed by atoms with Gasteiger partial charge in [0, 0.05) is 18.3 Å². The average molecular weight is 260 g/mol. The molecule has 0 aliphatic rings. The number of hydrogen-bond donors (Lipinski definition) is 2. The second kappa shape index (κ2) is 5.08. The summed E-state index contributed by atoms with van der Waals surface area (Å²) in [4.78, 5) is 31.0. The van der Waals surface area contributed by atoms with E-state index < -0.39 is 16.4 Å². The molecule has 0 fully saturated rings. The van der Waals surface area contributed by atoms with E-state index in [2.05, 4.69) is 15.0 Å². The molecule has 0 aliphatic heterocycles. The first-order chi connectivity index (χ1) is 9.08. The van der Waals surface area contributed by atoms with Gasteiger partial charge in [0.15, 0.2) is 0 Å². The Kier molecular flexibility index (Phi) is 3.33. The SMILES string of the molecule is O=c1[nH]cnc(O)c1C=Nc1ccc([N+](=O)[O-])cc1. The van der Waals surface area contributed by atoms with E-state index >= 15 is 0 Å². The quantitative estimate of drug-likeness (QED) is 0.486. The maximum absolute atomic E-state index is 11.4. The summed E-state index contributed by atoms with van der Waals surface area (Å²) in [5.74, 6) is -0.436. The number of rotatable bonds is 3. The molecule has 8 heteroatoms. The summed E-state index contributed by atoms with van der Waals surface area (Å²) >= 11 is 0. The van der Waals surface area contributed by atoms with Crippen molar-refractivity contribution in [3.05, 3.63) is 56.6 Å². The van der Waals surface area contributed by atoms with E-state index in [0.29, 0.717) is 5.69 Å². The van der Waals surface area contributed by atoms with Gasteiger partial charge in [-0.15, -0.1) is 0 Å².